The van der Waals surface area contributed by atoms with Crippen molar-refractivity contribution in [1.29, 1.82) is 0 Å². The molecular weight excluding hydrogens is 343 g/mol. The summed E-state index contributed by atoms with van der Waals surface area (Å²) in [6.45, 7) is 0.113. The number of ether oxygens (including phenoxy) is 1. The number of nitrogens with zero attached hydrogens (tertiary/aromatic N) is 3. The first-order valence-corrected chi connectivity index (χ1v) is 7.72. The standard InChI is InChI=1S/C17H13FN4O2S/c18-15-7-2-1-5-13(15)11-24-14-6-3-4-12(8-14)9-20-22-16(23)10-19-21-17(22)25/h1-10H,11H2,(H,21,25)/b20-9+. The van der Waals surface area contributed by atoms with Crippen LogP contribution in [0.25, 0.3) is 0 Å². The third-order valence-corrected chi connectivity index (χ3v) is 3.53. The summed E-state index contributed by atoms with van der Waals surface area (Å²) in [6.07, 6.45) is 2.56. The van der Waals surface area contributed by atoms with Crippen LogP contribution in [0.4, 0.5) is 4.39 Å². The molecular formula is C17H13FN4O2S. The lowest BCUT2D eigenvalue weighted by atomic mass is 10.2. The fourth-order valence-corrected chi connectivity index (χ4v) is 2.23. The zero-order valence-corrected chi connectivity index (χ0v) is 13.7. The predicted octanol–water partition coefficient (Wildman–Crippen LogP) is 2.90. The van der Waals surface area contributed by atoms with Crippen LogP contribution in [0.3, 0.4) is 0 Å². The van der Waals surface area contributed by atoms with Crippen LogP contribution in [0.2, 0.25) is 0 Å². The maximum absolute atomic E-state index is 13.6. The molecule has 0 unspecified atom stereocenters. The van der Waals surface area contributed by atoms with Gasteiger partial charge in [-0.15, -0.1) is 0 Å². The Morgan fingerprint density at radius 2 is 2.12 bits per heavy atom. The summed E-state index contributed by atoms with van der Waals surface area (Å²) < 4.78 is 20.3. The molecule has 0 bridgehead atoms. The molecule has 0 aliphatic heterocycles. The normalized spacial score (nSPS) is 10.9. The van der Waals surface area contributed by atoms with Gasteiger partial charge in [0, 0.05) is 5.56 Å². The molecule has 25 heavy (non-hydrogen) atoms. The van der Waals surface area contributed by atoms with Crippen molar-refractivity contribution < 1.29 is 9.13 Å². The summed E-state index contributed by atoms with van der Waals surface area (Å²) in [6, 6.07) is 13.5. The maximum atomic E-state index is 13.6. The molecule has 0 saturated heterocycles. The summed E-state index contributed by atoms with van der Waals surface area (Å²) in [5.41, 5.74) is 0.729. The first-order chi connectivity index (χ1) is 12.1. The van der Waals surface area contributed by atoms with Crippen molar-refractivity contribution in [2.45, 2.75) is 6.61 Å². The molecule has 0 radical (unpaired) electrons. The summed E-state index contributed by atoms with van der Waals surface area (Å²) in [4.78, 5) is 11.7. The van der Waals surface area contributed by atoms with Gasteiger partial charge >= 0.3 is 0 Å². The van der Waals surface area contributed by atoms with Crippen molar-refractivity contribution in [2.24, 2.45) is 5.10 Å². The van der Waals surface area contributed by atoms with E-state index in [4.69, 9.17) is 17.0 Å². The first-order valence-electron chi connectivity index (χ1n) is 7.31. The number of nitrogens with one attached hydrogen (secondary N) is 1. The molecule has 0 aliphatic carbocycles. The molecule has 0 atom stereocenters. The van der Waals surface area contributed by atoms with Crippen molar-refractivity contribution in [3.05, 3.63) is 86.8 Å². The van der Waals surface area contributed by atoms with Crippen molar-refractivity contribution in [3.63, 3.8) is 0 Å². The van der Waals surface area contributed by atoms with E-state index in [-0.39, 0.29) is 17.2 Å². The van der Waals surface area contributed by atoms with Crippen LogP contribution in [0.5, 0.6) is 5.75 Å². The molecule has 0 fully saturated rings. The number of rotatable bonds is 5. The van der Waals surface area contributed by atoms with Crippen LogP contribution in [-0.4, -0.2) is 21.1 Å². The number of hydrogen-bond donors (Lipinski definition) is 1. The minimum absolute atomic E-state index is 0.0932. The highest BCUT2D eigenvalue weighted by Crippen LogP contribution is 2.15. The van der Waals surface area contributed by atoms with E-state index in [0.717, 1.165) is 10.9 Å². The van der Waals surface area contributed by atoms with Gasteiger partial charge in [0.1, 0.15) is 24.4 Å². The van der Waals surface area contributed by atoms with Gasteiger partial charge in [0.15, 0.2) is 0 Å². The first kappa shape index (κ1) is 16.7. The Hall–Kier alpha value is -3.13. The Labute approximate surface area is 147 Å². The molecule has 0 amide bonds. The van der Waals surface area contributed by atoms with Gasteiger partial charge < -0.3 is 4.74 Å². The van der Waals surface area contributed by atoms with Crippen LogP contribution < -0.4 is 10.3 Å². The Kier molecular flexibility index (Phi) is 5.10. The van der Waals surface area contributed by atoms with Crippen molar-refractivity contribution >= 4 is 18.4 Å². The van der Waals surface area contributed by atoms with Crippen LogP contribution in [0.15, 0.2) is 64.6 Å². The molecule has 2 aromatic carbocycles. The number of hydrogen-bond acceptors (Lipinski definition) is 5. The Balaban J connectivity index is 1.76. The molecule has 0 saturated carbocycles. The molecule has 1 N–H and O–H groups in total. The second-order valence-electron chi connectivity index (χ2n) is 5.02. The minimum atomic E-state index is -0.438. The van der Waals surface area contributed by atoms with Gasteiger partial charge in [-0.1, -0.05) is 30.3 Å². The number of aromatic nitrogens is 3. The van der Waals surface area contributed by atoms with Gasteiger partial charge in [-0.3, -0.25) is 9.89 Å². The molecule has 3 rings (SSSR count). The minimum Gasteiger partial charge on any atom is -0.489 e. The van der Waals surface area contributed by atoms with Gasteiger partial charge in [-0.25, -0.2) is 4.39 Å². The van der Waals surface area contributed by atoms with Crippen LogP contribution in [0.1, 0.15) is 11.1 Å². The largest absolute Gasteiger partial charge is 0.489 e. The molecule has 6 nitrogen and oxygen atoms in total. The fraction of sp³-hybridized carbons (Fsp3) is 0.0588. The van der Waals surface area contributed by atoms with E-state index in [9.17, 15) is 9.18 Å². The number of H-pyrrole nitrogens is 1. The predicted molar refractivity (Wildman–Crippen MR) is 93.8 cm³/mol. The van der Waals surface area contributed by atoms with E-state index in [1.165, 1.54) is 12.3 Å². The summed E-state index contributed by atoms with van der Waals surface area (Å²) in [7, 11) is 0. The maximum Gasteiger partial charge on any atom is 0.293 e. The van der Waals surface area contributed by atoms with Crippen LogP contribution in [0, 0.1) is 10.6 Å². The van der Waals surface area contributed by atoms with Crippen LogP contribution in [-0.2, 0) is 6.61 Å². The molecule has 1 aromatic heterocycles. The highest BCUT2D eigenvalue weighted by molar-refractivity contribution is 7.71. The van der Waals surface area contributed by atoms with Gasteiger partial charge in [0.05, 0.1) is 6.21 Å². The van der Waals surface area contributed by atoms with E-state index in [2.05, 4.69) is 15.3 Å². The Morgan fingerprint density at radius 1 is 1.28 bits per heavy atom. The van der Waals surface area contributed by atoms with Gasteiger partial charge in [0.2, 0.25) is 4.77 Å². The Morgan fingerprint density at radius 3 is 2.92 bits per heavy atom. The molecule has 3 aromatic rings. The molecule has 8 heteroatoms. The van der Waals surface area contributed by atoms with E-state index < -0.39 is 5.56 Å². The monoisotopic (exact) mass is 356 g/mol. The van der Waals surface area contributed by atoms with Crippen LogP contribution >= 0.6 is 12.2 Å². The zero-order chi connectivity index (χ0) is 17.6. The summed E-state index contributed by atoms with van der Waals surface area (Å²) >= 11 is 4.96. The zero-order valence-electron chi connectivity index (χ0n) is 12.9. The molecule has 0 spiro atoms. The third-order valence-electron chi connectivity index (χ3n) is 3.27. The lowest BCUT2D eigenvalue weighted by Gasteiger charge is -2.07. The molecule has 126 valence electrons. The lowest BCUT2D eigenvalue weighted by molar-refractivity contribution is 0.300. The van der Waals surface area contributed by atoms with E-state index >= 15 is 0 Å². The van der Waals surface area contributed by atoms with Crippen molar-refractivity contribution in [1.82, 2.24) is 14.9 Å². The van der Waals surface area contributed by atoms with E-state index in [1.54, 1.807) is 42.5 Å². The van der Waals surface area contributed by atoms with Gasteiger partial charge in [0.25, 0.3) is 5.56 Å². The highest BCUT2D eigenvalue weighted by Gasteiger charge is 2.02. The number of halogens is 1. The highest BCUT2D eigenvalue weighted by atomic mass is 32.1. The Bertz CT molecular complexity index is 1000. The number of aromatic amines is 1. The summed E-state index contributed by atoms with van der Waals surface area (Å²) in [5.74, 6) is 0.242. The topological polar surface area (TPSA) is 72.3 Å². The average molecular weight is 356 g/mol. The second kappa shape index (κ2) is 7.63. The quantitative estimate of drug-likeness (QED) is 0.564. The second-order valence-corrected chi connectivity index (χ2v) is 5.41. The lowest BCUT2D eigenvalue weighted by Crippen LogP contribution is -2.18. The van der Waals surface area contributed by atoms with E-state index in [0.29, 0.717) is 16.9 Å². The van der Waals surface area contributed by atoms with Gasteiger partial charge in [-0.05, 0) is 36.0 Å². The van der Waals surface area contributed by atoms with Crippen molar-refractivity contribution in [3.8, 4) is 5.75 Å². The number of benzene rings is 2. The summed E-state index contributed by atoms with van der Waals surface area (Å²) in [5, 5.41) is 10.1. The smallest absolute Gasteiger partial charge is 0.293 e. The van der Waals surface area contributed by atoms with Crippen molar-refractivity contribution in [2.75, 3.05) is 0 Å². The average Bonchev–Trinajstić information content (AvgIpc) is 2.61. The third kappa shape index (κ3) is 4.24. The molecule has 0 aliphatic rings. The fourth-order valence-electron chi connectivity index (χ4n) is 2.04. The SMILES string of the molecule is O=c1cn[nH]c(=S)n1/N=C/c1cccc(OCc2ccccc2F)c1. The van der Waals surface area contributed by atoms with Gasteiger partial charge in [-0.2, -0.15) is 14.9 Å². The van der Waals surface area contributed by atoms with E-state index in [1.807, 2.05) is 0 Å². The molecule has 1 heterocycles.